The zero-order valence-corrected chi connectivity index (χ0v) is 20.4. The molecule has 1 aromatic heterocycles. The second-order valence-electron chi connectivity index (χ2n) is 7.53. The van der Waals surface area contributed by atoms with Crippen molar-refractivity contribution in [1.29, 1.82) is 5.26 Å². The highest BCUT2D eigenvalue weighted by molar-refractivity contribution is 9.10. The average molecular weight is 509 g/mol. The van der Waals surface area contributed by atoms with E-state index in [1.54, 1.807) is 24.4 Å². The topological polar surface area (TPSA) is 89.5 Å². The first-order valence-electron chi connectivity index (χ1n) is 10.6. The molecule has 0 aliphatic carbocycles. The van der Waals surface area contributed by atoms with E-state index in [9.17, 15) is 4.79 Å². The molecule has 2 aromatic carbocycles. The lowest BCUT2D eigenvalue weighted by atomic mass is 10.1. The molecule has 0 saturated carbocycles. The largest absolute Gasteiger partial charge is 0.490 e. The summed E-state index contributed by atoms with van der Waals surface area (Å²) in [5.41, 5.74) is 1.91. The molecule has 170 valence electrons. The Kier molecular flexibility index (Phi) is 8.01. The summed E-state index contributed by atoms with van der Waals surface area (Å²) in [6.45, 7) is 9.94. The van der Waals surface area contributed by atoms with Crippen molar-refractivity contribution in [3.05, 3.63) is 74.8 Å². The van der Waals surface area contributed by atoms with Crippen LogP contribution in [-0.2, 0) is 6.42 Å². The minimum absolute atomic E-state index is 0.0139. The molecular formula is C25H25BrN4O3. The molecule has 0 atom stereocenters. The maximum absolute atomic E-state index is 13.2. The van der Waals surface area contributed by atoms with Gasteiger partial charge < -0.3 is 9.47 Å². The molecule has 0 unspecified atom stereocenters. The molecule has 0 saturated heterocycles. The molecule has 0 spiro atoms. The van der Waals surface area contributed by atoms with E-state index in [2.05, 4.69) is 32.6 Å². The van der Waals surface area contributed by atoms with Crippen LogP contribution >= 0.6 is 15.9 Å². The van der Waals surface area contributed by atoms with Crippen molar-refractivity contribution in [2.24, 2.45) is 5.10 Å². The van der Waals surface area contributed by atoms with E-state index < -0.39 is 0 Å². The predicted octanol–water partition coefficient (Wildman–Crippen LogP) is 5.19. The van der Waals surface area contributed by atoms with Crippen molar-refractivity contribution < 1.29 is 9.47 Å². The Balaban J connectivity index is 2.15. The average Bonchev–Trinajstić information content (AvgIpc) is 2.78. The summed E-state index contributed by atoms with van der Waals surface area (Å²) in [6, 6.07) is 11.1. The summed E-state index contributed by atoms with van der Waals surface area (Å²) in [6.07, 6.45) is 3.87. The van der Waals surface area contributed by atoms with Crippen LogP contribution in [-0.4, -0.2) is 29.1 Å². The SMILES string of the molecule is C=CCc1cc(C=Nn2c(C(C)C)nc3ccc(Br)cc3c2=O)cc(OCC)c1OCC#N. The number of hydrogen-bond donors (Lipinski definition) is 0. The first-order valence-corrected chi connectivity index (χ1v) is 11.4. The number of aromatic nitrogens is 2. The van der Waals surface area contributed by atoms with Gasteiger partial charge in [0.15, 0.2) is 18.1 Å². The number of ether oxygens (including phenoxy) is 2. The van der Waals surface area contributed by atoms with Gasteiger partial charge in [-0.25, -0.2) is 4.98 Å². The summed E-state index contributed by atoms with van der Waals surface area (Å²) < 4.78 is 13.5. The second-order valence-corrected chi connectivity index (χ2v) is 8.44. The zero-order valence-electron chi connectivity index (χ0n) is 18.8. The molecule has 0 N–H and O–H groups in total. The minimum Gasteiger partial charge on any atom is -0.490 e. The Labute approximate surface area is 201 Å². The van der Waals surface area contributed by atoms with Crippen LogP contribution in [0.25, 0.3) is 10.9 Å². The standard InChI is InChI=1S/C25H25BrN4O3/c1-5-7-18-12-17(13-22(32-6-2)23(18)33-11-10-27)15-28-30-24(16(3)4)29-21-9-8-19(26)14-20(21)25(30)31/h5,8-9,12-16H,1,6-7,11H2,2-4H3. The van der Waals surface area contributed by atoms with Crippen LogP contribution in [0.15, 0.2) is 57.4 Å². The van der Waals surface area contributed by atoms with E-state index in [-0.39, 0.29) is 18.1 Å². The van der Waals surface area contributed by atoms with Crippen molar-refractivity contribution in [3.63, 3.8) is 0 Å². The van der Waals surface area contributed by atoms with Gasteiger partial charge in [0.05, 0.1) is 23.7 Å². The van der Waals surface area contributed by atoms with Gasteiger partial charge in [-0.3, -0.25) is 4.79 Å². The monoisotopic (exact) mass is 508 g/mol. The zero-order chi connectivity index (χ0) is 24.0. The van der Waals surface area contributed by atoms with Crippen LogP contribution < -0.4 is 15.0 Å². The van der Waals surface area contributed by atoms with Gasteiger partial charge in [-0.15, -0.1) is 6.58 Å². The fraction of sp³-hybridized carbons (Fsp3) is 0.280. The third-order valence-corrected chi connectivity index (χ3v) is 5.26. The van der Waals surface area contributed by atoms with Gasteiger partial charge in [0.2, 0.25) is 0 Å². The number of allylic oxidation sites excluding steroid dienone is 1. The molecule has 0 radical (unpaired) electrons. The first kappa shape index (κ1) is 24.2. The van der Waals surface area contributed by atoms with Gasteiger partial charge in [0, 0.05) is 16.0 Å². The highest BCUT2D eigenvalue weighted by Crippen LogP contribution is 2.33. The fourth-order valence-corrected chi connectivity index (χ4v) is 3.73. The Morgan fingerprint density at radius 2 is 2.09 bits per heavy atom. The van der Waals surface area contributed by atoms with E-state index in [1.165, 1.54) is 4.68 Å². The fourth-order valence-electron chi connectivity index (χ4n) is 3.37. The molecule has 0 bridgehead atoms. The van der Waals surface area contributed by atoms with Gasteiger partial charge in [-0.1, -0.05) is 35.9 Å². The number of hydrogen-bond acceptors (Lipinski definition) is 6. The number of nitrogens with zero attached hydrogens (tertiary/aromatic N) is 4. The summed E-state index contributed by atoms with van der Waals surface area (Å²) in [5.74, 6) is 1.56. The Morgan fingerprint density at radius 1 is 1.30 bits per heavy atom. The number of rotatable bonds is 9. The van der Waals surface area contributed by atoms with E-state index >= 15 is 0 Å². The van der Waals surface area contributed by atoms with Crippen molar-refractivity contribution in [2.75, 3.05) is 13.2 Å². The molecule has 33 heavy (non-hydrogen) atoms. The summed E-state index contributed by atoms with van der Waals surface area (Å²) in [7, 11) is 0. The lowest BCUT2D eigenvalue weighted by Crippen LogP contribution is -2.23. The molecule has 0 aliphatic rings. The molecule has 0 amide bonds. The third kappa shape index (κ3) is 5.49. The Morgan fingerprint density at radius 3 is 2.76 bits per heavy atom. The quantitative estimate of drug-likeness (QED) is 0.293. The van der Waals surface area contributed by atoms with Crippen molar-refractivity contribution in [2.45, 2.75) is 33.1 Å². The van der Waals surface area contributed by atoms with Gasteiger partial charge in [0.1, 0.15) is 11.9 Å². The summed E-state index contributed by atoms with van der Waals surface area (Å²) >= 11 is 3.42. The predicted molar refractivity (Wildman–Crippen MR) is 133 cm³/mol. The van der Waals surface area contributed by atoms with Gasteiger partial charge in [-0.2, -0.15) is 15.0 Å². The molecule has 1 heterocycles. The highest BCUT2D eigenvalue weighted by Gasteiger charge is 2.15. The van der Waals surface area contributed by atoms with Crippen molar-refractivity contribution >= 4 is 33.0 Å². The number of halogens is 1. The van der Waals surface area contributed by atoms with E-state index in [1.807, 2.05) is 45.0 Å². The maximum Gasteiger partial charge on any atom is 0.282 e. The summed E-state index contributed by atoms with van der Waals surface area (Å²) in [5, 5.41) is 13.9. The Hall–Kier alpha value is -3.44. The molecule has 7 nitrogen and oxygen atoms in total. The van der Waals surface area contributed by atoms with Gasteiger partial charge in [0.25, 0.3) is 5.56 Å². The smallest absolute Gasteiger partial charge is 0.282 e. The summed E-state index contributed by atoms with van der Waals surface area (Å²) in [4.78, 5) is 17.9. The van der Waals surface area contributed by atoms with Crippen LogP contribution in [0.4, 0.5) is 0 Å². The second kappa shape index (κ2) is 10.9. The van der Waals surface area contributed by atoms with Crippen molar-refractivity contribution in [1.82, 2.24) is 9.66 Å². The van der Waals surface area contributed by atoms with Crippen LogP contribution in [0, 0.1) is 11.3 Å². The van der Waals surface area contributed by atoms with Crippen LogP contribution in [0.1, 0.15) is 43.6 Å². The third-order valence-electron chi connectivity index (χ3n) is 4.77. The van der Waals surface area contributed by atoms with Crippen molar-refractivity contribution in [3.8, 4) is 17.6 Å². The van der Waals surface area contributed by atoms with Crippen LogP contribution in [0.2, 0.25) is 0 Å². The van der Waals surface area contributed by atoms with Gasteiger partial charge in [-0.05, 0) is 49.2 Å². The molecule has 8 heteroatoms. The molecule has 3 rings (SSSR count). The number of nitriles is 1. The lowest BCUT2D eigenvalue weighted by molar-refractivity contribution is 0.297. The molecule has 3 aromatic rings. The highest BCUT2D eigenvalue weighted by atomic mass is 79.9. The lowest BCUT2D eigenvalue weighted by Gasteiger charge is -2.15. The van der Waals surface area contributed by atoms with Crippen LogP contribution in [0.3, 0.4) is 0 Å². The van der Waals surface area contributed by atoms with E-state index in [4.69, 9.17) is 14.7 Å². The van der Waals surface area contributed by atoms with E-state index in [0.717, 1.165) is 15.6 Å². The molecule has 0 fully saturated rings. The maximum atomic E-state index is 13.2. The van der Waals surface area contributed by atoms with Crippen LogP contribution in [0.5, 0.6) is 11.5 Å². The normalized spacial score (nSPS) is 11.2. The molecular weight excluding hydrogens is 484 g/mol. The number of fused-ring (bicyclic) bond motifs is 1. The number of benzene rings is 2. The molecule has 0 aliphatic heterocycles. The Bertz CT molecular complexity index is 1310. The first-order chi connectivity index (χ1) is 15.9. The van der Waals surface area contributed by atoms with E-state index in [0.29, 0.717) is 41.3 Å². The minimum atomic E-state index is -0.244. The van der Waals surface area contributed by atoms with Gasteiger partial charge >= 0.3 is 0 Å².